The fourth-order valence-corrected chi connectivity index (χ4v) is 4.63. The van der Waals surface area contributed by atoms with E-state index < -0.39 is 29.5 Å². The molecule has 0 spiro atoms. The summed E-state index contributed by atoms with van der Waals surface area (Å²) in [5.41, 5.74) is -1.01. The topological polar surface area (TPSA) is 112 Å². The number of nitrogens with one attached hydrogen (secondary N) is 1. The summed E-state index contributed by atoms with van der Waals surface area (Å²) in [7, 11) is 0. The molecule has 0 radical (unpaired) electrons. The zero-order chi connectivity index (χ0) is 28.8. The smallest absolute Gasteiger partial charge is 0.462 e. The maximum atomic E-state index is 13.6. The molecular weight excluding hydrogens is 598 g/mol. The summed E-state index contributed by atoms with van der Waals surface area (Å²) < 4.78 is 50.0. The molecule has 1 saturated carbocycles. The van der Waals surface area contributed by atoms with Crippen LogP contribution in [0.3, 0.4) is 0 Å². The van der Waals surface area contributed by atoms with Gasteiger partial charge in [0, 0.05) is 15.6 Å². The van der Waals surface area contributed by atoms with Gasteiger partial charge in [-0.05, 0) is 50.1 Å². The number of nitrogens with zero attached hydrogens (tertiary/aromatic N) is 4. The number of ether oxygens (including phenoxy) is 1. The van der Waals surface area contributed by atoms with Gasteiger partial charge < -0.3 is 14.6 Å². The van der Waals surface area contributed by atoms with E-state index in [1.165, 1.54) is 10.7 Å². The minimum atomic E-state index is -4.85. The van der Waals surface area contributed by atoms with Crippen molar-refractivity contribution in [1.29, 1.82) is 0 Å². The minimum Gasteiger partial charge on any atom is -0.462 e. The minimum absolute atomic E-state index is 0.0140. The predicted octanol–water partition coefficient (Wildman–Crippen LogP) is 6.50. The molecule has 1 N–H and O–H groups in total. The molecule has 2 aromatic heterocycles. The number of alkyl halides is 3. The van der Waals surface area contributed by atoms with Crippen LogP contribution in [-0.2, 0) is 16.5 Å². The molecule has 208 valence electrons. The van der Waals surface area contributed by atoms with Crippen molar-refractivity contribution in [2.75, 3.05) is 6.61 Å². The zero-order valence-corrected chi connectivity index (χ0v) is 22.6. The predicted molar refractivity (Wildman–Crippen MR) is 138 cm³/mol. The summed E-state index contributed by atoms with van der Waals surface area (Å²) in [5, 5.41) is 11.4. The van der Waals surface area contributed by atoms with Crippen LogP contribution in [0.4, 0.5) is 13.2 Å². The summed E-state index contributed by atoms with van der Waals surface area (Å²) in [6.07, 6.45) is -4.39. The average Bonchev–Trinajstić information content (AvgIpc) is 3.31. The highest BCUT2D eigenvalue weighted by molar-refractivity contribution is 6.35. The van der Waals surface area contributed by atoms with Gasteiger partial charge in [-0.2, -0.15) is 23.3 Å². The standard InChI is InChI=1S/C25H17Cl3F3N5O4/c1-2-39-21(38)17-18(20(37)33-24(9-10-24)22-32-23(40-35-22)25(29,30)31)34-36(16-8-7-14(27)11-15(16)28)19(17)12-3-5-13(26)6-4-12/h3-8,11H,2,9-10H2,1H3,(H,33,37). The van der Waals surface area contributed by atoms with Gasteiger partial charge in [0.25, 0.3) is 5.91 Å². The number of benzene rings is 2. The Hall–Kier alpha value is -3.61. The largest absolute Gasteiger partial charge is 0.471 e. The van der Waals surface area contributed by atoms with Crippen molar-refractivity contribution >= 4 is 46.7 Å². The average molecular weight is 615 g/mol. The third-order valence-electron chi connectivity index (χ3n) is 6.03. The van der Waals surface area contributed by atoms with Crippen LogP contribution in [-0.4, -0.2) is 38.4 Å². The highest BCUT2D eigenvalue weighted by Gasteiger charge is 2.52. The van der Waals surface area contributed by atoms with Crippen molar-refractivity contribution < 1.29 is 32.0 Å². The Kier molecular flexibility index (Phi) is 7.28. The van der Waals surface area contributed by atoms with Crippen LogP contribution in [0.25, 0.3) is 16.9 Å². The molecule has 0 bridgehead atoms. The van der Waals surface area contributed by atoms with E-state index >= 15 is 0 Å². The summed E-state index contributed by atoms with van der Waals surface area (Å²) in [4.78, 5) is 30.3. The number of hydrogen-bond donors (Lipinski definition) is 1. The number of amides is 1. The fourth-order valence-electron chi connectivity index (χ4n) is 4.01. The first-order chi connectivity index (χ1) is 18.9. The van der Waals surface area contributed by atoms with Crippen molar-refractivity contribution in [3.05, 3.63) is 80.5 Å². The van der Waals surface area contributed by atoms with Gasteiger partial charge >= 0.3 is 18.0 Å². The SMILES string of the molecule is CCOC(=O)c1c(C(=O)NC2(c3noc(C(F)(F)F)n3)CC2)nn(-c2ccc(Cl)cc2Cl)c1-c1ccc(Cl)cc1. The molecule has 4 aromatic rings. The maximum absolute atomic E-state index is 13.6. The van der Waals surface area contributed by atoms with Gasteiger partial charge in [0.15, 0.2) is 11.5 Å². The molecule has 1 amide bonds. The molecule has 40 heavy (non-hydrogen) atoms. The van der Waals surface area contributed by atoms with Crippen molar-refractivity contribution in [3.8, 4) is 16.9 Å². The molecule has 1 aliphatic rings. The van der Waals surface area contributed by atoms with Crippen LogP contribution in [0.1, 0.15) is 52.3 Å². The number of esters is 1. The molecule has 0 unspecified atom stereocenters. The quantitative estimate of drug-likeness (QED) is 0.237. The Morgan fingerprint density at radius 2 is 1.77 bits per heavy atom. The van der Waals surface area contributed by atoms with Gasteiger partial charge in [-0.1, -0.05) is 52.1 Å². The molecule has 5 rings (SSSR count). The maximum Gasteiger partial charge on any atom is 0.471 e. The van der Waals surface area contributed by atoms with E-state index in [0.29, 0.717) is 15.6 Å². The van der Waals surface area contributed by atoms with Gasteiger partial charge in [-0.25, -0.2) is 9.48 Å². The molecule has 0 atom stereocenters. The lowest BCUT2D eigenvalue weighted by atomic mass is 10.0. The first-order valence-corrected chi connectivity index (χ1v) is 12.8. The van der Waals surface area contributed by atoms with Crippen LogP contribution in [0.15, 0.2) is 47.0 Å². The second-order valence-electron chi connectivity index (χ2n) is 8.76. The van der Waals surface area contributed by atoms with E-state index in [-0.39, 0.29) is 52.9 Å². The summed E-state index contributed by atoms with van der Waals surface area (Å²) in [6.45, 7) is 1.58. The highest BCUT2D eigenvalue weighted by atomic mass is 35.5. The normalized spacial score (nSPS) is 14.2. The number of carbonyl (C=O) groups is 2. The van der Waals surface area contributed by atoms with Crippen molar-refractivity contribution in [2.45, 2.75) is 31.5 Å². The Morgan fingerprint density at radius 1 is 1.10 bits per heavy atom. The van der Waals surface area contributed by atoms with Gasteiger partial charge in [-0.3, -0.25) is 4.79 Å². The summed E-state index contributed by atoms with van der Waals surface area (Å²) in [5.74, 6) is -3.62. The Balaban J connectivity index is 1.65. The summed E-state index contributed by atoms with van der Waals surface area (Å²) >= 11 is 18.6. The molecule has 9 nitrogen and oxygen atoms in total. The zero-order valence-electron chi connectivity index (χ0n) is 20.4. The van der Waals surface area contributed by atoms with Crippen LogP contribution in [0, 0.1) is 0 Å². The Bertz CT molecular complexity index is 1610. The first kappa shape index (κ1) is 27.9. The molecule has 2 heterocycles. The van der Waals surface area contributed by atoms with Gasteiger partial charge in [0.1, 0.15) is 11.1 Å². The molecule has 0 aliphatic heterocycles. The second kappa shape index (κ2) is 10.4. The van der Waals surface area contributed by atoms with Gasteiger partial charge in [0.05, 0.1) is 23.0 Å². The molecule has 1 aliphatic carbocycles. The van der Waals surface area contributed by atoms with E-state index in [4.69, 9.17) is 39.5 Å². The number of hydrogen-bond acceptors (Lipinski definition) is 7. The van der Waals surface area contributed by atoms with Crippen LogP contribution >= 0.6 is 34.8 Å². The number of aromatic nitrogens is 4. The number of halogens is 6. The van der Waals surface area contributed by atoms with Gasteiger partial charge in [-0.15, -0.1) is 0 Å². The first-order valence-electron chi connectivity index (χ1n) is 11.7. The molecular formula is C25H17Cl3F3N5O4. The van der Waals surface area contributed by atoms with E-state index in [2.05, 4.69) is 25.1 Å². The lowest BCUT2D eigenvalue weighted by Crippen LogP contribution is -2.37. The monoisotopic (exact) mass is 613 g/mol. The fraction of sp³-hybridized carbons (Fsp3) is 0.240. The third kappa shape index (κ3) is 5.26. The lowest BCUT2D eigenvalue weighted by molar-refractivity contribution is -0.159. The van der Waals surface area contributed by atoms with E-state index in [1.807, 2.05) is 0 Å². The Morgan fingerprint density at radius 3 is 2.35 bits per heavy atom. The van der Waals surface area contributed by atoms with Crippen LogP contribution in [0.5, 0.6) is 0 Å². The van der Waals surface area contributed by atoms with E-state index in [1.54, 1.807) is 43.3 Å². The molecule has 0 saturated heterocycles. The number of rotatable bonds is 7. The molecule has 15 heteroatoms. The van der Waals surface area contributed by atoms with Gasteiger partial charge in [0.2, 0.25) is 0 Å². The van der Waals surface area contributed by atoms with Crippen molar-refractivity contribution in [2.24, 2.45) is 0 Å². The lowest BCUT2D eigenvalue weighted by Gasteiger charge is -2.13. The van der Waals surface area contributed by atoms with Crippen LogP contribution in [0.2, 0.25) is 15.1 Å². The van der Waals surface area contributed by atoms with Crippen molar-refractivity contribution in [1.82, 2.24) is 25.2 Å². The summed E-state index contributed by atoms with van der Waals surface area (Å²) in [6, 6.07) is 11.0. The molecule has 2 aromatic carbocycles. The third-order valence-corrected chi connectivity index (χ3v) is 6.82. The van der Waals surface area contributed by atoms with E-state index in [0.717, 1.165) is 0 Å². The second-order valence-corrected chi connectivity index (χ2v) is 10.0. The number of carbonyl (C=O) groups excluding carboxylic acids is 2. The van der Waals surface area contributed by atoms with E-state index in [9.17, 15) is 22.8 Å². The van der Waals surface area contributed by atoms with Crippen LogP contribution < -0.4 is 5.32 Å². The van der Waals surface area contributed by atoms with Crippen molar-refractivity contribution in [3.63, 3.8) is 0 Å². The molecule has 1 fully saturated rings. The Labute approximate surface area is 239 Å². The highest BCUT2D eigenvalue weighted by Crippen LogP contribution is 2.45.